The predicted molar refractivity (Wildman–Crippen MR) is 84.3 cm³/mol. The van der Waals surface area contributed by atoms with E-state index in [0.717, 1.165) is 11.1 Å². The van der Waals surface area contributed by atoms with Crippen molar-refractivity contribution in [2.45, 2.75) is 18.8 Å². The summed E-state index contributed by atoms with van der Waals surface area (Å²) in [7, 11) is 1.41. The molecule has 0 aliphatic heterocycles. The van der Waals surface area contributed by atoms with Crippen LogP contribution in [0.25, 0.3) is 5.57 Å². The van der Waals surface area contributed by atoms with Crippen molar-refractivity contribution in [3.63, 3.8) is 0 Å². The summed E-state index contributed by atoms with van der Waals surface area (Å²) < 4.78 is 32.1. The normalized spacial score (nSPS) is 17.8. The van der Waals surface area contributed by atoms with Crippen molar-refractivity contribution >= 4 is 11.4 Å². The second-order valence-corrected chi connectivity index (χ2v) is 5.61. The molecule has 2 aromatic rings. The summed E-state index contributed by atoms with van der Waals surface area (Å²) in [5.74, 6) is -0.685. The van der Waals surface area contributed by atoms with E-state index in [4.69, 9.17) is 4.74 Å². The number of benzene rings is 2. The van der Waals surface area contributed by atoms with Crippen LogP contribution in [-0.2, 0) is 4.79 Å². The van der Waals surface area contributed by atoms with Crippen LogP contribution in [0.4, 0.5) is 8.78 Å². The van der Waals surface area contributed by atoms with Gasteiger partial charge in [-0.2, -0.15) is 0 Å². The Balaban J connectivity index is 1.96. The van der Waals surface area contributed by atoms with Gasteiger partial charge in [0.05, 0.1) is 7.11 Å². The Morgan fingerprint density at radius 2 is 1.78 bits per heavy atom. The number of hydrogen-bond acceptors (Lipinski definition) is 2. The van der Waals surface area contributed by atoms with Crippen LogP contribution in [0.1, 0.15) is 29.9 Å². The molecule has 1 aliphatic rings. The van der Waals surface area contributed by atoms with Crippen molar-refractivity contribution < 1.29 is 18.3 Å². The maximum Gasteiger partial charge on any atom is 0.165 e. The van der Waals surface area contributed by atoms with Crippen LogP contribution in [0.5, 0.6) is 5.75 Å². The standard InChI is InChI=1S/C19H16F2O2/c1-23-19-17(3-2-4-18(19)21)14-9-13(10-16(22)11-14)12-5-7-15(20)8-6-12/h2-8,11,13H,9-10H2,1H3/t13-/m1/s1. The molecular weight excluding hydrogens is 298 g/mol. The first-order valence-corrected chi connectivity index (χ1v) is 7.40. The maximum atomic E-state index is 13.9. The summed E-state index contributed by atoms with van der Waals surface area (Å²) in [5.41, 5.74) is 2.24. The molecule has 0 amide bonds. The number of methoxy groups -OCH3 is 1. The molecule has 4 heteroatoms. The third kappa shape index (κ3) is 3.16. The molecule has 0 radical (unpaired) electrons. The third-order valence-corrected chi connectivity index (χ3v) is 4.11. The van der Waals surface area contributed by atoms with E-state index in [2.05, 4.69) is 0 Å². The molecule has 0 aromatic heterocycles. The Morgan fingerprint density at radius 3 is 2.48 bits per heavy atom. The molecule has 0 fully saturated rings. The SMILES string of the molecule is COc1c(F)cccc1C1=CC(=O)C[C@H](c2ccc(F)cc2)C1. The van der Waals surface area contributed by atoms with Gasteiger partial charge in [-0.15, -0.1) is 0 Å². The van der Waals surface area contributed by atoms with Gasteiger partial charge in [0.1, 0.15) is 5.82 Å². The number of ketones is 1. The van der Waals surface area contributed by atoms with Crippen LogP contribution >= 0.6 is 0 Å². The molecule has 0 saturated carbocycles. The van der Waals surface area contributed by atoms with E-state index < -0.39 is 5.82 Å². The minimum Gasteiger partial charge on any atom is -0.493 e. The van der Waals surface area contributed by atoms with Gasteiger partial charge in [0.15, 0.2) is 17.3 Å². The molecule has 3 rings (SSSR count). The third-order valence-electron chi connectivity index (χ3n) is 4.11. The van der Waals surface area contributed by atoms with Crippen molar-refractivity contribution in [1.82, 2.24) is 0 Å². The van der Waals surface area contributed by atoms with Crippen LogP contribution in [0.15, 0.2) is 48.5 Å². The summed E-state index contributed by atoms with van der Waals surface area (Å²) in [6.07, 6.45) is 2.50. The summed E-state index contributed by atoms with van der Waals surface area (Å²) in [6.45, 7) is 0. The average Bonchev–Trinajstić information content (AvgIpc) is 2.54. The summed E-state index contributed by atoms with van der Waals surface area (Å²) in [6, 6.07) is 10.8. The smallest absolute Gasteiger partial charge is 0.165 e. The lowest BCUT2D eigenvalue weighted by atomic mass is 9.81. The van der Waals surface area contributed by atoms with E-state index >= 15 is 0 Å². The molecule has 0 unspecified atom stereocenters. The Morgan fingerprint density at radius 1 is 1.04 bits per heavy atom. The molecule has 0 saturated heterocycles. The first-order valence-electron chi connectivity index (χ1n) is 7.40. The number of carbonyl (C=O) groups is 1. The molecule has 23 heavy (non-hydrogen) atoms. The quantitative estimate of drug-likeness (QED) is 0.833. The molecular formula is C19H16F2O2. The first-order chi connectivity index (χ1) is 11.1. The largest absolute Gasteiger partial charge is 0.493 e. The Bertz CT molecular complexity index is 763. The van der Waals surface area contributed by atoms with Gasteiger partial charge in [-0.05, 0) is 47.8 Å². The van der Waals surface area contributed by atoms with Crippen molar-refractivity contribution in [3.8, 4) is 5.75 Å². The van der Waals surface area contributed by atoms with Gasteiger partial charge in [0.25, 0.3) is 0 Å². The van der Waals surface area contributed by atoms with Crippen molar-refractivity contribution in [2.24, 2.45) is 0 Å². The molecule has 1 aliphatic carbocycles. The molecule has 2 aromatic carbocycles. The van der Waals surface area contributed by atoms with E-state index in [1.54, 1.807) is 30.3 Å². The summed E-state index contributed by atoms with van der Waals surface area (Å²) >= 11 is 0. The van der Waals surface area contributed by atoms with E-state index in [-0.39, 0.29) is 23.3 Å². The Kier molecular flexibility index (Phi) is 4.24. The molecule has 0 spiro atoms. The second-order valence-electron chi connectivity index (χ2n) is 5.61. The van der Waals surface area contributed by atoms with Crippen molar-refractivity contribution in [3.05, 3.63) is 71.3 Å². The molecule has 1 atom stereocenters. The number of hydrogen-bond donors (Lipinski definition) is 0. The fraction of sp³-hybridized carbons (Fsp3) is 0.211. The zero-order valence-electron chi connectivity index (χ0n) is 12.7. The monoisotopic (exact) mass is 314 g/mol. The fourth-order valence-corrected chi connectivity index (χ4v) is 3.02. The fourth-order valence-electron chi connectivity index (χ4n) is 3.02. The number of allylic oxidation sites excluding steroid dienone is 2. The zero-order chi connectivity index (χ0) is 16.4. The van der Waals surface area contributed by atoms with Gasteiger partial charge in [-0.1, -0.05) is 24.3 Å². The van der Waals surface area contributed by atoms with Crippen LogP contribution < -0.4 is 4.74 Å². The Hall–Kier alpha value is -2.49. The molecule has 0 N–H and O–H groups in total. The molecule has 0 heterocycles. The number of ether oxygens (including phenoxy) is 1. The van der Waals surface area contributed by atoms with Gasteiger partial charge in [-0.25, -0.2) is 8.78 Å². The maximum absolute atomic E-state index is 13.9. The second kappa shape index (κ2) is 6.32. The van der Waals surface area contributed by atoms with Crippen LogP contribution in [-0.4, -0.2) is 12.9 Å². The van der Waals surface area contributed by atoms with Crippen LogP contribution in [0, 0.1) is 11.6 Å². The molecule has 118 valence electrons. The average molecular weight is 314 g/mol. The van der Waals surface area contributed by atoms with Crippen molar-refractivity contribution in [1.29, 1.82) is 0 Å². The van der Waals surface area contributed by atoms with Gasteiger partial charge < -0.3 is 4.74 Å². The highest BCUT2D eigenvalue weighted by Crippen LogP contribution is 2.39. The predicted octanol–water partition coefficient (Wildman–Crippen LogP) is 4.50. The topological polar surface area (TPSA) is 26.3 Å². The summed E-state index contributed by atoms with van der Waals surface area (Å²) in [5, 5.41) is 0. The highest BCUT2D eigenvalue weighted by Gasteiger charge is 2.25. The lowest BCUT2D eigenvalue weighted by Crippen LogP contribution is -2.13. The van der Waals surface area contributed by atoms with E-state index in [9.17, 15) is 13.6 Å². The lowest BCUT2D eigenvalue weighted by Gasteiger charge is -2.23. The van der Waals surface area contributed by atoms with Gasteiger partial charge >= 0.3 is 0 Å². The Labute approximate surface area is 133 Å². The van der Waals surface area contributed by atoms with E-state index in [1.807, 2.05) is 0 Å². The minimum atomic E-state index is -0.456. The highest BCUT2D eigenvalue weighted by atomic mass is 19.1. The lowest BCUT2D eigenvalue weighted by molar-refractivity contribution is -0.115. The number of carbonyl (C=O) groups excluding carboxylic acids is 1. The minimum absolute atomic E-state index is 0.0214. The van der Waals surface area contributed by atoms with Gasteiger partial charge in [-0.3, -0.25) is 4.79 Å². The van der Waals surface area contributed by atoms with Crippen LogP contribution in [0.2, 0.25) is 0 Å². The molecule has 0 bridgehead atoms. The summed E-state index contributed by atoms with van der Waals surface area (Å²) in [4.78, 5) is 12.1. The first kappa shape index (κ1) is 15.4. The zero-order valence-corrected chi connectivity index (χ0v) is 12.7. The van der Waals surface area contributed by atoms with Crippen LogP contribution in [0.3, 0.4) is 0 Å². The molecule has 2 nitrogen and oxygen atoms in total. The number of halogens is 2. The van der Waals surface area contributed by atoms with Crippen molar-refractivity contribution in [2.75, 3.05) is 7.11 Å². The van der Waals surface area contributed by atoms with Gasteiger partial charge in [0.2, 0.25) is 0 Å². The number of para-hydroxylation sites is 1. The van der Waals surface area contributed by atoms with E-state index in [1.165, 1.54) is 25.3 Å². The van der Waals surface area contributed by atoms with Gasteiger partial charge in [0, 0.05) is 12.0 Å². The number of rotatable bonds is 3. The highest BCUT2D eigenvalue weighted by molar-refractivity contribution is 5.99. The van der Waals surface area contributed by atoms with E-state index in [0.29, 0.717) is 18.4 Å².